The molecule has 38 heavy (non-hydrogen) atoms. The summed E-state index contributed by atoms with van der Waals surface area (Å²) in [7, 11) is 0. The second kappa shape index (κ2) is 27.5. The zero-order chi connectivity index (χ0) is 28.3. The van der Waals surface area contributed by atoms with Crippen molar-refractivity contribution in [3.63, 3.8) is 0 Å². The van der Waals surface area contributed by atoms with Gasteiger partial charge in [-0.05, 0) is 24.7 Å². The van der Waals surface area contributed by atoms with Gasteiger partial charge in [0.15, 0.2) is 6.10 Å². The summed E-state index contributed by atoms with van der Waals surface area (Å²) >= 11 is 0. The summed E-state index contributed by atoms with van der Waals surface area (Å²) in [6.45, 7) is 8.81. The molecule has 1 N–H and O–H groups in total. The van der Waals surface area contributed by atoms with Crippen LogP contribution in [0.3, 0.4) is 0 Å². The number of esters is 2. The Morgan fingerprint density at radius 3 is 1.34 bits per heavy atom. The molecule has 0 aliphatic carbocycles. The van der Waals surface area contributed by atoms with Gasteiger partial charge in [0.25, 0.3) is 0 Å². The van der Waals surface area contributed by atoms with E-state index in [9.17, 15) is 14.7 Å². The van der Waals surface area contributed by atoms with Crippen LogP contribution in [0.4, 0.5) is 0 Å². The number of carbonyl (C=O) groups excluding carboxylic acids is 2. The molecule has 0 aliphatic rings. The third kappa shape index (κ3) is 25.2. The maximum atomic E-state index is 12.1. The fourth-order valence-corrected chi connectivity index (χ4v) is 4.68. The summed E-state index contributed by atoms with van der Waals surface area (Å²) in [4.78, 5) is 24.1. The highest BCUT2D eigenvalue weighted by Gasteiger charge is 2.16. The maximum absolute atomic E-state index is 12.1. The molecule has 0 aromatic carbocycles. The lowest BCUT2D eigenvalue weighted by Gasteiger charge is -2.15. The Morgan fingerprint density at radius 2 is 0.947 bits per heavy atom. The summed E-state index contributed by atoms with van der Waals surface area (Å²) in [5, 5.41) is 9.48. The number of aliphatic hydroxyl groups excluding tert-OH is 1. The van der Waals surface area contributed by atoms with E-state index in [1.165, 1.54) is 89.9 Å². The van der Waals surface area contributed by atoms with Crippen LogP contribution in [0.5, 0.6) is 0 Å². The lowest BCUT2D eigenvalue weighted by atomic mass is 9.99. The quantitative estimate of drug-likeness (QED) is 0.0790. The van der Waals surface area contributed by atoms with Crippen LogP contribution in [0.15, 0.2) is 0 Å². The SMILES string of the molecule is CCC(C)CCCCCCCCCCC(=O)OC[C@H](CO)OC(=O)CCCCCCCCCCC(C)CC. The average Bonchev–Trinajstić information content (AvgIpc) is 2.92. The van der Waals surface area contributed by atoms with Gasteiger partial charge in [0, 0.05) is 12.8 Å². The van der Waals surface area contributed by atoms with Gasteiger partial charge >= 0.3 is 11.9 Å². The normalized spacial score (nSPS) is 13.7. The molecule has 5 nitrogen and oxygen atoms in total. The van der Waals surface area contributed by atoms with E-state index in [4.69, 9.17) is 9.47 Å². The van der Waals surface area contributed by atoms with Crippen LogP contribution in [0.1, 0.15) is 169 Å². The van der Waals surface area contributed by atoms with Crippen molar-refractivity contribution < 1.29 is 24.2 Å². The van der Waals surface area contributed by atoms with Gasteiger partial charge in [0.05, 0.1) is 6.61 Å². The van der Waals surface area contributed by atoms with Crippen molar-refractivity contribution in [1.29, 1.82) is 0 Å². The third-order valence-electron chi connectivity index (χ3n) is 7.98. The number of hydrogen-bond donors (Lipinski definition) is 1. The van der Waals surface area contributed by atoms with Crippen molar-refractivity contribution in [2.45, 2.75) is 175 Å². The number of ether oxygens (including phenoxy) is 2. The van der Waals surface area contributed by atoms with Crippen LogP contribution in [0, 0.1) is 11.8 Å². The van der Waals surface area contributed by atoms with Crippen LogP contribution in [0.2, 0.25) is 0 Å². The number of rotatable bonds is 28. The van der Waals surface area contributed by atoms with E-state index < -0.39 is 6.10 Å². The number of unbranched alkanes of at least 4 members (excludes halogenated alkanes) is 14. The zero-order valence-corrected chi connectivity index (χ0v) is 25.8. The molecule has 226 valence electrons. The van der Waals surface area contributed by atoms with Gasteiger partial charge in [0.1, 0.15) is 6.61 Å². The first-order valence-electron chi connectivity index (χ1n) is 16.4. The van der Waals surface area contributed by atoms with Gasteiger partial charge in [0.2, 0.25) is 0 Å². The Kier molecular flexibility index (Phi) is 26.7. The predicted molar refractivity (Wildman–Crippen MR) is 159 cm³/mol. The third-order valence-corrected chi connectivity index (χ3v) is 7.98. The van der Waals surface area contributed by atoms with Crippen LogP contribution >= 0.6 is 0 Å². The molecule has 0 aromatic heterocycles. The molecule has 0 rings (SSSR count). The fourth-order valence-electron chi connectivity index (χ4n) is 4.68. The molecule has 0 aromatic rings. The molecule has 0 radical (unpaired) electrons. The minimum Gasteiger partial charge on any atom is -0.462 e. The molecular formula is C33H64O5. The topological polar surface area (TPSA) is 72.8 Å². The van der Waals surface area contributed by atoms with Crippen molar-refractivity contribution in [3.05, 3.63) is 0 Å². The van der Waals surface area contributed by atoms with Crippen LogP contribution < -0.4 is 0 Å². The number of aliphatic hydroxyl groups is 1. The van der Waals surface area contributed by atoms with Crippen LogP contribution in [-0.4, -0.2) is 36.4 Å². The van der Waals surface area contributed by atoms with Gasteiger partial charge in [-0.15, -0.1) is 0 Å². The summed E-state index contributed by atoms with van der Waals surface area (Å²) in [6.07, 6.45) is 24.3. The molecule has 0 saturated carbocycles. The van der Waals surface area contributed by atoms with Crippen molar-refractivity contribution >= 4 is 11.9 Å². The largest absolute Gasteiger partial charge is 0.462 e. The van der Waals surface area contributed by atoms with Gasteiger partial charge in [-0.25, -0.2) is 0 Å². The molecule has 0 amide bonds. The van der Waals surface area contributed by atoms with E-state index in [-0.39, 0.29) is 25.2 Å². The summed E-state index contributed by atoms with van der Waals surface area (Å²) < 4.78 is 10.5. The highest BCUT2D eigenvalue weighted by molar-refractivity contribution is 5.70. The number of carbonyl (C=O) groups is 2. The van der Waals surface area contributed by atoms with Gasteiger partial charge in [-0.1, -0.05) is 143 Å². The Hall–Kier alpha value is -1.10. The first-order valence-corrected chi connectivity index (χ1v) is 16.4. The molecule has 0 heterocycles. The summed E-state index contributed by atoms with van der Waals surface area (Å²) in [5.74, 6) is 1.13. The van der Waals surface area contributed by atoms with E-state index in [2.05, 4.69) is 27.7 Å². The Bertz CT molecular complexity index is 535. The van der Waals surface area contributed by atoms with Crippen molar-refractivity contribution in [3.8, 4) is 0 Å². The lowest BCUT2D eigenvalue weighted by molar-refractivity contribution is -0.161. The monoisotopic (exact) mass is 540 g/mol. The summed E-state index contributed by atoms with van der Waals surface area (Å²) in [6, 6.07) is 0. The smallest absolute Gasteiger partial charge is 0.306 e. The predicted octanol–water partition coefficient (Wildman–Crippen LogP) is 9.33. The molecule has 3 atom stereocenters. The van der Waals surface area contributed by atoms with Crippen molar-refractivity contribution in [2.24, 2.45) is 11.8 Å². The first kappa shape index (κ1) is 36.9. The second-order valence-electron chi connectivity index (χ2n) is 11.7. The van der Waals surface area contributed by atoms with Crippen LogP contribution in [0.25, 0.3) is 0 Å². The Labute approximate surface area is 236 Å². The summed E-state index contributed by atoms with van der Waals surface area (Å²) in [5.41, 5.74) is 0. The minimum atomic E-state index is -0.762. The molecule has 0 saturated heterocycles. The van der Waals surface area contributed by atoms with Gasteiger partial charge in [-0.2, -0.15) is 0 Å². The lowest BCUT2D eigenvalue weighted by Crippen LogP contribution is -2.28. The Balaban J connectivity index is 3.60. The van der Waals surface area contributed by atoms with Gasteiger partial charge in [-0.3, -0.25) is 9.59 Å². The van der Waals surface area contributed by atoms with Gasteiger partial charge < -0.3 is 14.6 Å². The second-order valence-corrected chi connectivity index (χ2v) is 11.7. The molecule has 2 unspecified atom stereocenters. The molecule has 0 aliphatic heterocycles. The first-order chi connectivity index (χ1) is 18.4. The molecule has 0 spiro atoms. The minimum absolute atomic E-state index is 0.0608. The molecule has 0 bridgehead atoms. The highest BCUT2D eigenvalue weighted by Crippen LogP contribution is 2.16. The highest BCUT2D eigenvalue weighted by atomic mass is 16.6. The van der Waals surface area contributed by atoms with Crippen molar-refractivity contribution in [1.82, 2.24) is 0 Å². The molecule has 5 heteroatoms. The van der Waals surface area contributed by atoms with E-state index in [1.807, 2.05) is 0 Å². The van der Waals surface area contributed by atoms with E-state index >= 15 is 0 Å². The zero-order valence-electron chi connectivity index (χ0n) is 25.8. The standard InChI is InChI=1S/C33H64O5/c1-5-29(3)23-19-15-11-7-9-13-17-21-25-32(35)37-28-31(27-34)38-33(36)26-22-18-14-10-8-12-16-20-24-30(4)6-2/h29-31,34H,5-28H2,1-4H3/t29?,30?,31-/m0/s1. The molecular weight excluding hydrogens is 476 g/mol. The average molecular weight is 541 g/mol. The van der Waals surface area contributed by atoms with Crippen molar-refractivity contribution in [2.75, 3.05) is 13.2 Å². The fraction of sp³-hybridized carbons (Fsp3) is 0.939. The maximum Gasteiger partial charge on any atom is 0.306 e. The van der Waals surface area contributed by atoms with Crippen LogP contribution in [-0.2, 0) is 19.1 Å². The Morgan fingerprint density at radius 1 is 0.579 bits per heavy atom. The van der Waals surface area contributed by atoms with E-state index in [1.54, 1.807) is 0 Å². The molecule has 0 fully saturated rings. The number of hydrogen-bond acceptors (Lipinski definition) is 5. The van der Waals surface area contributed by atoms with E-state index in [0.717, 1.165) is 50.4 Å². The van der Waals surface area contributed by atoms with E-state index in [0.29, 0.717) is 12.8 Å².